The van der Waals surface area contributed by atoms with E-state index in [4.69, 9.17) is 0 Å². The van der Waals surface area contributed by atoms with Crippen LogP contribution in [0.15, 0.2) is 6.07 Å². The zero-order valence-corrected chi connectivity index (χ0v) is 11.5. The lowest BCUT2D eigenvalue weighted by Gasteiger charge is -2.15. The third-order valence-corrected chi connectivity index (χ3v) is 3.12. The van der Waals surface area contributed by atoms with E-state index in [1.54, 1.807) is 13.0 Å². The second kappa shape index (κ2) is 5.25. The molecule has 0 unspecified atom stereocenters. The second-order valence-corrected chi connectivity index (χ2v) is 4.48. The van der Waals surface area contributed by atoms with Gasteiger partial charge < -0.3 is 0 Å². The summed E-state index contributed by atoms with van der Waals surface area (Å²) in [6.07, 6.45) is 0.661. The van der Waals surface area contributed by atoms with Crippen LogP contribution in [-0.2, 0) is 6.42 Å². The predicted molar refractivity (Wildman–Crippen MR) is 70.6 cm³/mol. The highest BCUT2D eigenvalue weighted by atomic mass is 16.1. The van der Waals surface area contributed by atoms with E-state index in [0.29, 0.717) is 28.7 Å². The Kier molecular flexibility index (Phi) is 4.17. The Morgan fingerprint density at radius 1 is 0.944 bits per heavy atom. The molecule has 0 heterocycles. The van der Waals surface area contributed by atoms with Gasteiger partial charge in [0.1, 0.15) is 0 Å². The maximum absolute atomic E-state index is 11.7. The summed E-state index contributed by atoms with van der Waals surface area (Å²) >= 11 is 0. The number of carbonyl (C=O) groups excluding carboxylic acids is 3. The van der Waals surface area contributed by atoms with E-state index in [9.17, 15) is 14.4 Å². The van der Waals surface area contributed by atoms with E-state index in [-0.39, 0.29) is 17.3 Å². The predicted octanol–water partition coefficient (Wildman–Crippen LogP) is 3.17. The van der Waals surface area contributed by atoms with Crippen molar-refractivity contribution in [3.8, 4) is 0 Å². The Balaban J connectivity index is 3.79. The molecule has 1 aromatic rings. The van der Waals surface area contributed by atoms with Crippen LogP contribution in [0.1, 0.15) is 69.9 Å². The summed E-state index contributed by atoms with van der Waals surface area (Å²) in [6, 6.07) is 1.68. The van der Waals surface area contributed by atoms with Crippen LogP contribution in [0.3, 0.4) is 0 Å². The van der Waals surface area contributed by atoms with E-state index in [2.05, 4.69) is 0 Å². The minimum absolute atomic E-state index is 0.0676. The van der Waals surface area contributed by atoms with Crippen molar-refractivity contribution in [2.75, 3.05) is 0 Å². The van der Waals surface area contributed by atoms with E-state index in [1.165, 1.54) is 20.8 Å². The SMILES string of the molecule is CCc1cc(C(C)=O)c(C(C)=O)c(C)c1C(C)=O. The normalized spacial score (nSPS) is 10.3. The van der Waals surface area contributed by atoms with Crippen LogP contribution in [0.25, 0.3) is 0 Å². The van der Waals surface area contributed by atoms with Crippen molar-refractivity contribution in [3.05, 3.63) is 33.9 Å². The first-order valence-corrected chi connectivity index (χ1v) is 6.00. The summed E-state index contributed by atoms with van der Waals surface area (Å²) in [4.78, 5) is 35.0. The molecule has 0 aliphatic rings. The van der Waals surface area contributed by atoms with Gasteiger partial charge in [0.15, 0.2) is 17.3 Å². The molecular formula is C15H18O3. The van der Waals surface area contributed by atoms with Crippen molar-refractivity contribution in [1.29, 1.82) is 0 Å². The Morgan fingerprint density at radius 2 is 1.44 bits per heavy atom. The molecule has 96 valence electrons. The summed E-state index contributed by atoms with van der Waals surface area (Å²) in [5.41, 5.74) is 2.83. The molecule has 3 heteroatoms. The fourth-order valence-electron chi connectivity index (χ4n) is 2.39. The monoisotopic (exact) mass is 246 g/mol. The largest absolute Gasteiger partial charge is 0.294 e. The number of benzene rings is 1. The van der Waals surface area contributed by atoms with Gasteiger partial charge in [-0.25, -0.2) is 0 Å². The number of carbonyl (C=O) groups is 3. The summed E-state index contributed by atoms with van der Waals surface area (Å²) < 4.78 is 0. The van der Waals surface area contributed by atoms with Gasteiger partial charge in [-0.15, -0.1) is 0 Å². The molecule has 0 bridgehead atoms. The van der Waals surface area contributed by atoms with Crippen molar-refractivity contribution in [3.63, 3.8) is 0 Å². The van der Waals surface area contributed by atoms with Gasteiger partial charge in [0.05, 0.1) is 0 Å². The molecule has 0 aromatic heterocycles. The lowest BCUT2D eigenvalue weighted by atomic mass is 9.87. The van der Waals surface area contributed by atoms with E-state index in [1.807, 2.05) is 6.92 Å². The smallest absolute Gasteiger partial charge is 0.160 e. The van der Waals surface area contributed by atoms with Gasteiger partial charge >= 0.3 is 0 Å². The van der Waals surface area contributed by atoms with Crippen LogP contribution in [0.5, 0.6) is 0 Å². The Labute approximate surface area is 107 Å². The van der Waals surface area contributed by atoms with Crippen molar-refractivity contribution in [2.24, 2.45) is 0 Å². The molecule has 0 amide bonds. The van der Waals surface area contributed by atoms with Crippen molar-refractivity contribution in [1.82, 2.24) is 0 Å². The van der Waals surface area contributed by atoms with Crippen LogP contribution in [0, 0.1) is 6.92 Å². The van der Waals surface area contributed by atoms with Gasteiger partial charge in [-0.05, 0) is 51.3 Å². The number of rotatable bonds is 4. The Hall–Kier alpha value is -1.77. The lowest BCUT2D eigenvalue weighted by Crippen LogP contribution is -2.13. The molecule has 0 radical (unpaired) electrons. The molecule has 0 fully saturated rings. The highest BCUT2D eigenvalue weighted by molar-refractivity contribution is 6.11. The van der Waals surface area contributed by atoms with Crippen molar-refractivity contribution < 1.29 is 14.4 Å². The first-order chi connectivity index (χ1) is 8.31. The Bertz CT molecular complexity index is 539. The van der Waals surface area contributed by atoms with Crippen LogP contribution >= 0.6 is 0 Å². The van der Waals surface area contributed by atoms with E-state index in [0.717, 1.165) is 5.56 Å². The number of hydrogen-bond acceptors (Lipinski definition) is 3. The highest BCUT2D eigenvalue weighted by Gasteiger charge is 2.21. The quantitative estimate of drug-likeness (QED) is 0.767. The van der Waals surface area contributed by atoms with Crippen LogP contribution < -0.4 is 0 Å². The maximum Gasteiger partial charge on any atom is 0.160 e. The zero-order valence-electron chi connectivity index (χ0n) is 11.5. The van der Waals surface area contributed by atoms with Gasteiger partial charge in [-0.2, -0.15) is 0 Å². The van der Waals surface area contributed by atoms with Crippen molar-refractivity contribution in [2.45, 2.75) is 41.0 Å². The number of Topliss-reactive ketones (excluding diaryl/α,β-unsaturated/α-hetero) is 3. The summed E-state index contributed by atoms with van der Waals surface area (Å²) in [6.45, 7) is 8.01. The van der Waals surface area contributed by atoms with Crippen LogP contribution in [0.2, 0.25) is 0 Å². The Morgan fingerprint density at radius 3 is 1.78 bits per heavy atom. The maximum atomic E-state index is 11.7. The third-order valence-electron chi connectivity index (χ3n) is 3.12. The van der Waals surface area contributed by atoms with E-state index < -0.39 is 0 Å². The first-order valence-electron chi connectivity index (χ1n) is 6.00. The molecule has 3 nitrogen and oxygen atoms in total. The topological polar surface area (TPSA) is 51.2 Å². The average molecular weight is 246 g/mol. The molecule has 0 spiro atoms. The molecule has 0 atom stereocenters. The van der Waals surface area contributed by atoms with Gasteiger partial charge in [0.25, 0.3) is 0 Å². The first kappa shape index (κ1) is 14.3. The van der Waals surface area contributed by atoms with Gasteiger partial charge in [0.2, 0.25) is 0 Å². The van der Waals surface area contributed by atoms with E-state index >= 15 is 0 Å². The number of aryl methyl sites for hydroxylation is 1. The fraction of sp³-hybridized carbons (Fsp3) is 0.400. The second-order valence-electron chi connectivity index (χ2n) is 4.48. The standard InChI is InChI=1S/C15H18O3/c1-6-12-7-13(9(3)16)15(11(5)18)8(2)14(12)10(4)17/h7H,6H2,1-5H3. The molecule has 0 aliphatic carbocycles. The molecule has 0 N–H and O–H groups in total. The molecule has 18 heavy (non-hydrogen) atoms. The van der Waals surface area contributed by atoms with Crippen molar-refractivity contribution >= 4 is 17.3 Å². The minimum atomic E-state index is -0.178. The summed E-state index contributed by atoms with van der Waals surface area (Å²) in [5.74, 6) is -0.391. The van der Waals surface area contributed by atoms with Crippen LogP contribution in [-0.4, -0.2) is 17.3 Å². The zero-order chi connectivity index (χ0) is 14.0. The molecule has 0 saturated heterocycles. The molecular weight excluding hydrogens is 228 g/mol. The van der Waals surface area contributed by atoms with Gasteiger partial charge in [-0.3, -0.25) is 14.4 Å². The summed E-state index contributed by atoms with van der Waals surface area (Å²) in [7, 11) is 0. The number of hydrogen-bond donors (Lipinski definition) is 0. The minimum Gasteiger partial charge on any atom is -0.294 e. The van der Waals surface area contributed by atoms with Crippen LogP contribution in [0.4, 0.5) is 0 Å². The summed E-state index contributed by atoms with van der Waals surface area (Å²) in [5, 5.41) is 0. The van der Waals surface area contributed by atoms with Gasteiger partial charge in [0, 0.05) is 16.7 Å². The van der Waals surface area contributed by atoms with Gasteiger partial charge in [-0.1, -0.05) is 6.92 Å². The molecule has 1 rings (SSSR count). The number of ketones is 3. The average Bonchev–Trinajstić information content (AvgIpc) is 2.25. The molecule has 0 saturated carbocycles. The molecule has 1 aromatic carbocycles. The highest BCUT2D eigenvalue weighted by Crippen LogP contribution is 2.25. The fourth-order valence-corrected chi connectivity index (χ4v) is 2.39. The lowest BCUT2D eigenvalue weighted by molar-refractivity contribution is 0.0978. The third kappa shape index (κ3) is 2.40. The molecule has 0 aliphatic heterocycles.